The van der Waals surface area contributed by atoms with E-state index < -0.39 is 0 Å². The van der Waals surface area contributed by atoms with Gasteiger partial charge in [0, 0.05) is 5.02 Å². The van der Waals surface area contributed by atoms with E-state index in [4.69, 9.17) is 16.3 Å². The minimum absolute atomic E-state index is 0.182. The zero-order valence-corrected chi connectivity index (χ0v) is 7.35. The van der Waals surface area contributed by atoms with Crippen LogP contribution in [0.1, 0.15) is 13.8 Å². The normalized spacial score (nSPS) is 10.2. The highest BCUT2D eigenvalue weighted by molar-refractivity contribution is 6.30. The van der Waals surface area contributed by atoms with E-state index in [2.05, 4.69) is 6.07 Å². The molecule has 0 unspecified atom stereocenters. The van der Waals surface area contributed by atoms with E-state index in [1.807, 2.05) is 13.8 Å². The Morgan fingerprint density at radius 3 is 2.73 bits per heavy atom. The van der Waals surface area contributed by atoms with Crippen molar-refractivity contribution in [3.05, 3.63) is 29.3 Å². The minimum atomic E-state index is 0.182. The highest BCUT2D eigenvalue weighted by Crippen LogP contribution is 2.17. The van der Waals surface area contributed by atoms with Gasteiger partial charge in [-0.25, -0.2) is 0 Å². The smallest absolute Gasteiger partial charge is 0.121 e. The molecule has 11 heavy (non-hydrogen) atoms. The average Bonchev–Trinajstić information content (AvgIpc) is 1.85. The molecule has 0 saturated heterocycles. The summed E-state index contributed by atoms with van der Waals surface area (Å²) in [4.78, 5) is 0. The Labute approximate surface area is 71.9 Å². The second kappa shape index (κ2) is 3.63. The third kappa shape index (κ3) is 2.81. The van der Waals surface area contributed by atoms with Crippen molar-refractivity contribution < 1.29 is 4.74 Å². The highest BCUT2D eigenvalue weighted by Gasteiger charge is 1.96. The molecule has 2 heteroatoms. The van der Waals surface area contributed by atoms with E-state index in [1.165, 1.54) is 0 Å². The Morgan fingerprint density at radius 2 is 2.18 bits per heavy atom. The van der Waals surface area contributed by atoms with Gasteiger partial charge in [0.05, 0.1) is 6.10 Å². The molecule has 0 amide bonds. The second-order valence-electron chi connectivity index (χ2n) is 2.55. The van der Waals surface area contributed by atoms with Crippen molar-refractivity contribution >= 4 is 11.6 Å². The minimum Gasteiger partial charge on any atom is -0.491 e. The zero-order chi connectivity index (χ0) is 8.27. The highest BCUT2D eigenvalue weighted by atomic mass is 35.5. The fourth-order valence-electron chi connectivity index (χ4n) is 0.763. The molecule has 0 aliphatic heterocycles. The van der Waals surface area contributed by atoms with Crippen LogP contribution in [0.3, 0.4) is 0 Å². The van der Waals surface area contributed by atoms with Gasteiger partial charge in [0.1, 0.15) is 5.75 Å². The van der Waals surface area contributed by atoms with Crippen LogP contribution in [-0.4, -0.2) is 6.10 Å². The quantitative estimate of drug-likeness (QED) is 0.662. The summed E-state index contributed by atoms with van der Waals surface area (Å²) in [7, 11) is 0. The van der Waals surface area contributed by atoms with Gasteiger partial charge < -0.3 is 4.74 Å². The molecule has 1 rings (SSSR count). The van der Waals surface area contributed by atoms with Crippen molar-refractivity contribution in [3.8, 4) is 5.75 Å². The summed E-state index contributed by atoms with van der Waals surface area (Å²) in [6, 6.07) is 8.13. The Kier molecular flexibility index (Phi) is 2.77. The summed E-state index contributed by atoms with van der Waals surface area (Å²) in [5, 5.41) is 0.656. The van der Waals surface area contributed by atoms with Crippen LogP contribution in [0.4, 0.5) is 0 Å². The van der Waals surface area contributed by atoms with Crippen molar-refractivity contribution in [1.82, 2.24) is 0 Å². The topological polar surface area (TPSA) is 9.23 Å². The maximum atomic E-state index is 5.72. The van der Waals surface area contributed by atoms with Gasteiger partial charge >= 0.3 is 0 Å². The van der Waals surface area contributed by atoms with Crippen LogP contribution >= 0.6 is 11.6 Å². The first-order chi connectivity index (χ1) is 5.18. The molecule has 0 spiro atoms. The van der Waals surface area contributed by atoms with Crippen LogP contribution in [0.5, 0.6) is 5.75 Å². The first-order valence-corrected chi connectivity index (χ1v) is 3.89. The lowest BCUT2D eigenvalue weighted by molar-refractivity contribution is 0.242. The van der Waals surface area contributed by atoms with E-state index in [0.717, 1.165) is 5.75 Å². The molecule has 0 aromatic heterocycles. The number of hydrogen-bond donors (Lipinski definition) is 0. The van der Waals surface area contributed by atoms with E-state index in [-0.39, 0.29) is 6.10 Å². The molecule has 1 nitrogen and oxygen atoms in total. The lowest BCUT2D eigenvalue weighted by Crippen LogP contribution is -2.05. The number of rotatable bonds is 2. The van der Waals surface area contributed by atoms with Gasteiger partial charge in [-0.15, -0.1) is 0 Å². The molecule has 1 aromatic carbocycles. The van der Waals surface area contributed by atoms with Gasteiger partial charge in [0.15, 0.2) is 0 Å². The first-order valence-electron chi connectivity index (χ1n) is 3.52. The molecule has 0 fully saturated rings. The third-order valence-electron chi connectivity index (χ3n) is 1.10. The molecule has 1 radical (unpaired) electrons. The van der Waals surface area contributed by atoms with Crippen molar-refractivity contribution in [3.63, 3.8) is 0 Å². The number of halogens is 1. The fourth-order valence-corrected chi connectivity index (χ4v) is 0.933. The summed E-state index contributed by atoms with van der Waals surface area (Å²) in [6.07, 6.45) is 0.182. The average molecular weight is 170 g/mol. The molecular weight excluding hydrogens is 160 g/mol. The lowest BCUT2D eigenvalue weighted by atomic mass is 10.3. The summed E-state index contributed by atoms with van der Waals surface area (Å²) < 4.78 is 5.38. The Morgan fingerprint density at radius 1 is 1.45 bits per heavy atom. The third-order valence-corrected chi connectivity index (χ3v) is 1.32. The maximum absolute atomic E-state index is 5.72. The molecule has 0 bridgehead atoms. The van der Waals surface area contributed by atoms with E-state index in [1.54, 1.807) is 18.2 Å². The monoisotopic (exact) mass is 169 g/mol. The molecule has 0 saturated carbocycles. The SMILES string of the molecule is CC(C)Oc1c[c]cc(Cl)c1. The lowest BCUT2D eigenvalue weighted by Gasteiger charge is -2.08. The Bertz CT molecular complexity index is 233. The summed E-state index contributed by atoms with van der Waals surface area (Å²) in [5.41, 5.74) is 0. The number of hydrogen-bond acceptors (Lipinski definition) is 1. The van der Waals surface area contributed by atoms with E-state index >= 15 is 0 Å². The summed E-state index contributed by atoms with van der Waals surface area (Å²) in [5.74, 6) is 0.771. The van der Waals surface area contributed by atoms with Crippen LogP contribution in [0.2, 0.25) is 5.02 Å². The zero-order valence-electron chi connectivity index (χ0n) is 6.60. The van der Waals surface area contributed by atoms with E-state index in [0.29, 0.717) is 5.02 Å². The molecule has 1 aromatic rings. The van der Waals surface area contributed by atoms with Gasteiger partial charge in [-0.2, -0.15) is 0 Å². The first kappa shape index (κ1) is 8.41. The van der Waals surface area contributed by atoms with Crippen molar-refractivity contribution in [1.29, 1.82) is 0 Å². The predicted octanol–water partition coefficient (Wildman–Crippen LogP) is 2.93. The van der Waals surface area contributed by atoms with Crippen molar-refractivity contribution in [2.75, 3.05) is 0 Å². The van der Waals surface area contributed by atoms with Crippen molar-refractivity contribution in [2.24, 2.45) is 0 Å². The molecule has 0 aliphatic rings. The van der Waals surface area contributed by atoms with Gasteiger partial charge in [0.25, 0.3) is 0 Å². The molecule has 0 atom stereocenters. The molecular formula is C9H10ClO. The summed E-state index contributed by atoms with van der Waals surface area (Å²) >= 11 is 5.72. The summed E-state index contributed by atoms with van der Waals surface area (Å²) in [6.45, 7) is 3.95. The van der Waals surface area contributed by atoms with Crippen LogP contribution in [0, 0.1) is 6.07 Å². The number of benzene rings is 1. The Hall–Kier alpha value is -0.690. The fraction of sp³-hybridized carbons (Fsp3) is 0.333. The maximum Gasteiger partial charge on any atom is 0.121 e. The molecule has 59 valence electrons. The van der Waals surface area contributed by atoms with Gasteiger partial charge in [-0.3, -0.25) is 0 Å². The van der Waals surface area contributed by atoms with Crippen LogP contribution in [-0.2, 0) is 0 Å². The van der Waals surface area contributed by atoms with Gasteiger partial charge in [-0.05, 0) is 38.1 Å². The van der Waals surface area contributed by atoms with Crippen LogP contribution in [0.15, 0.2) is 18.2 Å². The molecule has 0 heterocycles. The molecule has 0 N–H and O–H groups in total. The van der Waals surface area contributed by atoms with Gasteiger partial charge in [0.2, 0.25) is 0 Å². The van der Waals surface area contributed by atoms with Crippen LogP contribution in [0.25, 0.3) is 0 Å². The van der Waals surface area contributed by atoms with Crippen molar-refractivity contribution in [2.45, 2.75) is 20.0 Å². The Balaban J connectivity index is 2.71. The van der Waals surface area contributed by atoms with Crippen LogP contribution < -0.4 is 4.74 Å². The number of ether oxygens (including phenoxy) is 1. The predicted molar refractivity (Wildman–Crippen MR) is 46.1 cm³/mol. The second-order valence-corrected chi connectivity index (χ2v) is 2.99. The molecule has 0 aliphatic carbocycles. The van der Waals surface area contributed by atoms with E-state index in [9.17, 15) is 0 Å². The van der Waals surface area contributed by atoms with Gasteiger partial charge in [-0.1, -0.05) is 11.6 Å². The standard InChI is InChI=1S/C9H10ClO/c1-7(2)11-9-5-3-4-8(10)6-9/h4-7H,1-2H3. The largest absolute Gasteiger partial charge is 0.491 e.